The summed E-state index contributed by atoms with van der Waals surface area (Å²) < 4.78 is 15.6. The first kappa shape index (κ1) is 17.1. The van der Waals surface area contributed by atoms with Crippen LogP contribution in [0, 0.1) is 0 Å². The SMILES string of the molecule is CC(=O)OC[C@H]1O[C@@H](OC(C)=O)C[C@@H]1N1C(=O)c2ccccc2C1=O. The zero-order chi connectivity index (χ0) is 18.1. The van der Waals surface area contributed by atoms with Crippen molar-refractivity contribution in [2.75, 3.05) is 6.61 Å². The van der Waals surface area contributed by atoms with Crippen molar-refractivity contribution in [3.8, 4) is 0 Å². The van der Waals surface area contributed by atoms with E-state index in [1.807, 2.05) is 0 Å². The molecule has 1 aromatic carbocycles. The lowest BCUT2D eigenvalue weighted by Gasteiger charge is -2.25. The molecule has 1 fully saturated rings. The number of imide groups is 1. The molecule has 25 heavy (non-hydrogen) atoms. The fraction of sp³-hybridized carbons (Fsp3) is 0.412. The predicted octanol–water partition coefficient (Wildman–Crippen LogP) is 0.892. The van der Waals surface area contributed by atoms with Crippen molar-refractivity contribution in [2.24, 2.45) is 0 Å². The van der Waals surface area contributed by atoms with Crippen LogP contribution in [0.4, 0.5) is 0 Å². The molecule has 2 aliphatic heterocycles. The quantitative estimate of drug-likeness (QED) is 0.589. The van der Waals surface area contributed by atoms with Gasteiger partial charge in [-0.15, -0.1) is 0 Å². The number of rotatable bonds is 4. The number of benzene rings is 1. The van der Waals surface area contributed by atoms with Crippen LogP contribution in [0.3, 0.4) is 0 Å². The first-order valence-electron chi connectivity index (χ1n) is 7.81. The van der Waals surface area contributed by atoms with Crippen molar-refractivity contribution < 1.29 is 33.4 Å². The number of fused-ring (bicyclic) bond motifs is 1. The first-order chi connectivity index (χ1) is 11.9. The van der Waals surface area contributed by atoms with E-state index in [0.717, 1.165) is 4.90 Å². The summed E-state index contributed by atoms with van der Waals surface area (Å²) in [6, 6.07) is 5.82. The zero-order valence-electron chi connectivity index (χ0n) is 13.8. The van der Waals surface area contributed by atoms with Gasteiger partial charge in [0.05, 0.1) is 17.2 Å². The molecular formula is C17H17NO7. The number of ether oxygens (including phenoxy) is 3. The standard InChI is InChI=1S/C17H17NO7/c1-9(19)23-8-14-13(7-15(25-14)24-10(2)20)18-16(21)11-5-3-4-6-12(11)17(18)22/h3-6,13-15H,7-8H2,1-2H3/t13-,14+,15+/m0/s1. The molecule has 1 aromatic rings. The van der Waals surface area contributed by atoms with Gasteiger partial charge in [-0.3, -0.25) is 24.1 Å². The summed E-state index contributed by atoms with van der Waals surface area (Å²) in [5.41, 5.74) is 0.629. The lowest BCUT2D eigenvalue weighted by molar-refractivity contribution is -0.178. The largest absolute Gasteiger partial charge is 0.463 e. The van der Waals surface area contributed by atoms with Gasteiger partial charge in [0.15, 0.2) is 0 Å². The van der Waals surface area contributed by atoms with Crippen LogP contribution in [0.25, 0.3) is 0 Å². The number of carbonyl (C=O) groups excluding carboxylic acids is 4. The van der Waals surface area contributed by atoms with Crippen LogP contribution in [0.1, 0.15) is 41.0 Å². The van der Waals surface area contributed by atoms with Gasteiger partial charge in [-0.25, -0.2) is 0 Å². The molecule has 0 radical (unpaired) electrons. The van der Waals surface area contributed by atoms with Crippen molar-refractivity contribution in [2.45, 2.75) is 38.7 Å². The molecule has 2 aliphatic rings. The van der Waals surface area contributed by atoms with Gasteiger partial charge in [0.1, 0.15) is 12.7 Å². The van der Waals surface area contributed by atoms with Gasteiger partial charge < -0.3 is 14.2 Å². The van der Waals surface area contributed by atoms with E-state index in [2.05, 4.69) is 0 Å². The van der Waals surface area contributed by atoms with Crippen molar-refractivity contribution in [1.82, 2.24) is 4.90 Å². The predicted molar refractivity (Wildman–Crippen MR) is 82.4 cm³/mol. The third kappa shape index (κ3) is 3.25. The normalized spacial score (nSPS) is 25.0. The molecule has 132 valence electrons. The Morgan fingerprint density at radius 1 is 1.12 bits per heavy atom. The second-order valence-electron chi connectivity index (χ2n) is 5.85. The average molecular weight is 347 g/mol. The second-order valence-corrected chi connectivity index (χ2v) is 5.85. The van der Waals surface area contributed by atoms with E-state index >= 15 is 0 Å². The van der Waals surface area contributed by atoms with E-state index in [1.165, 1.54) is 13.8 Å². The maximum absolute atomic E-state index is 12.6. The second kappa shape index (κ2) is 6.64. The van der Waals surface area contributed by atoms with Crippen molar-refractivity contribution in [3.63, 3.8) is 0 Å². The summed E-state index contributed by atoms with van der Waals surface area (Å²) in [5.74, 6) is -1.93. The third-order valence-electron chi connectivity index (χ3n) is 4.10. The van der Waals surface area contributed by atoms with Gasteiger partial charge in [-0.05, 0) is 12.1 Å². The van der Waals surface area contributed by atoms with E-state index in [9.17, 15) is 19.2 Å². The molecule has 3 rings (SSSR count). The zero-order valence-corrected chi connectivity index (χ0v) is 13.8. The molecule has 8 nitrogen and oxygen atoms in total. The number of carbonyl (C=O) groups is 4. The van der Waals surface area contributed by atoms with E-state index in [1.54, 1.807) is 24.3 Å². The molecule has 2 heterocycles. The monoisotopic (exact) mass is 347 g/mol. The molecule has 0 saturated carbocycles. The molecule has 0 aromatic heterocycles. The Balaban J connectivity index is 1.85. The molecule has 0 bridgehead atoms. The van der Waals surface area contributed by atoms with E-state index in [4.69, 9.17) is 14.2 Å². The van der Waals surface area contributed by atoms with Crippen LogP contribution in [-0.2, 0) is 23.8 Å². The fourth-order valence-corrected chi connectivity index (χ4v) is 3.08. The van der Waals surface area contributed by atoms with Crippen LogP contribution in [0.15, 0.2) is 24.3 Å². The highest BCUT2D eigenvalue weighted by molar-refractivity contribution is 6.21. The Kier molecular flexibility index (Phi) is 4.54. The Morgan fingerprint density at radius 3 is 2.24 bits per heavy atom. The summed E-state index contributed by atoms with van der Waals surface area (Å²) in [6.07, 6.45) is -1.56. The number of esters is 2. The van der Waals surface area contributed by atoms with Crippen molar-refractivity contribution in [1.29, 1.82) is 0 Å². The summed E-state index contributed by atoms with van der Waals surface area (Å²) in [6.45, 7) is 2.33. The highest BCUT2D eigenvalue weighted by Crippen LogP contribution is 2.33. The van der Waals surface area contributed by atoms with Crippen LogP contribution in [0.2, 0.25) is 0 Å². The lowest BCUT2D eigenvalue weighted by Crippen LogP contribution is -2.46. The molecule has 0 aliphatic carbocycles. The van der Waals surface area contributed by atoms with Gasteiger partial charge in [0, 0.05) is 20.3 Å². The molecule has 8 heteroatoms. The van der Waals surface area contributed by atoms with Gasteiger partial charge in [0.2, 0.25) is 6.29 Å². The molecule has 1 saturated heterocycles. The van der Waals surface area contributed by atoms with Crippen LogP contribution in [0.5, 0.6) is 0 Å². The Morgan fingerprint density at radius 2 is 1.72 bits per heavy atom. The van der Waals surface area contributed by atoms with E-state index in [-0.39, 0.29) is 13.0 Å². The van der Waals surface area contributed by atoms with Gasteiger partial charge in [0.25, 0.3) is 11.8 Å². The molecule has 3 atom stereocenters. The molecule has 0 spiro atoms. The summed E-state index contributed by atoms with van der Waals surface area (Å²) in [5, 5.41) is 0. The average Bonchev–Trinajstić information content (AvgIpc) is 3.04. The smallest absolute Gasteiger partial charge is 0.304 e. The minimum Gasteiger partial charge on any atom is -0.463 e. The number of hydrogen-bond donors (Lipinski definition) is 0. The van der Waals surface area contributed by atoms with Gasteiger partial charge >= 0.3 is 11.9 Å². The van der Waals surface area contributed by atoms with Crippen LogP contribution in [-0.4, -0.2) is 53.7 Å². The molecule has 0 N–H and O–H groups in total. The molecule has 0 unspecified atom stereocenters. The summed E-state index contributed by atoms with van der Waals surface area (Å²) in [4.78, 5) is 48.6. The Labute approximate surface area is 143 Å². The Hall–Kier alpha value is -2.74. The summed E-state index contributed by atoms with van der Waals surface area (Å²) >= 11 is 0. The summed E-state index contributed by atoms with van der Waals surface area (Å²) in [7, 11) is 0. The Bertz CT molecular complexity index is 709. The highest BCUT2D eigenvalue weighted by Gasteiger charge is 2.48. The highest BCUT2D eigenvalue weighted by atomic mass is 16.7. The number of hydrogen-bond acceptors (Lipinski definition) is 7. The third-order valence-corrected chi connectivity index (χ3v) is 4.10. The topological polar surface area (TPSA) is 99.2 Å². The maximum Gasteiger partial charge on any atom is 0.304 e. The lowest BCUT2D eigenvalue weighted by atomic mass is 10.1. The minimum absolute atomic E-state index is 0.122. The van der Waals surface area contributed by atoms with E-state index in [0.29, 0.717) is 11.1 Å². The molecule has 2 amide bonds. The number of nitrogens with zero attached hydrogens (tertiary/aromatic N) is 1. The van der Waals surface area contributed by atoms with Gasteiger partial charge in [-0.1, -0.05) is 12.1 Å². The maximum atomic E-state index is 12.6. The minimum atomic E-state index is -0.910. The first-order valence-corrected chi connectivity index (χ1v) is 7.81. The fourth-order valence-electron chi connectivity index (χ4n) is 3.08. The van der Waals surface area contributed by atoms with Crippen LogP contribution >= 0.6 is 0 Å². The van der Waals surface area contributed by atoms with Crippen molar-refractivity contribution in [3.05, 3.63) is 35.4 Å². The number of amides is 2. The van der Waals surface area contributed by atoms with Crippen molar-refractivity contribution >= 4 is 23.8 Å². The molecular weight excluding hydrogens is 330 g/mol. The van der Waals surface area contributed by atoms with Gasteiger partial charge in [-0.2, -0.15) is 0 Å². The van der Waals surface area contributed by atoms with Crippen LogP contribution < -0.4 is 0 Å². The van der Waals surface area contributed by atoms with E-state index < -0.39 is 42.2 Å².